The molecule has 0 amide bonds. The summed E-state index contributed by atoms with van der Waals surface area (Å²) in [5.74, 6) is 0.504. The van der Waals surface area contributed by atoms with Crippen molar-refractivity contribution in [2.24, 2.45) is 0 Å². The van der Waals surface area contributed by atoms with Gasteiger partial charge in [0.05, 0.1) is 12.7 Å². The SMILES string of the molecule is CNCc1ccc(Br)cc1SCC(O)CO. The van der Waals surface area contributed by atoms with Crippen LogP contribution in [-0.4, -0.2) is 35.7 Å². The molecule has 5 heteroatoms. The van der Waals surface area contributed by atoms with Crippen LogP contribution in [0.25, 0.3) is 0 Å². The predicted molar refractivity (Wildman–Crippen MR) is 70.7 cm³/mol. The minimum Gasteiger partial charge on any atom is -0.394 e. The number of nitrogens with one attached hydrogen (secondary N) is 1. The summed E-state index contributed by atoms with van der Waals surface area (Å²) in [6, 6.07) is 6.08. The van der Waals surface area contributed by atoms with Crippen LogP contribution in [0.4, 0.5) is 0 Å². The van der Waals surface area contributed by atoms with E-state index in [0.29, 0.717) is 5.75 Å². The number of halogens is 1. The van der Waals surface area contributed by atoms with Gasteiger partial charge in [-0.3, -0.25) is 0 Å². The van der Waals surface area contributed by atoms with Gasteiger partial charge in [0.1, 0.15) is 0 Å². The second kappa shape index (κ2) is 7.29. The van der Waals surface area contributed by atoms with Gasteiger partial charge in [-0.25, -0.2) is 0 Å². The maximum absolute atomic E-state index is 9.31. The fraction of sp³-hybridized carbons (Fsp3) is 0.455. The van der Waals surface area contributed by atoms with Crippen LogP contribution in [0.5, 0.6) is 0 Å². The average Bonchev–Trinajstić information content (AvgIpc) is 2.29. The van der Waals surface area contributed by atoms with E-state index in [2.05, 4.69) is 21.2 Å². The van der Waals surface area contributed by atoms with Gasteiger partial charge < -0.3 is 15.5 Å². The van der Waals surface area contributed by atoms with Crippen molar-refractivity contribution in [1.29, 1.82) is 0 Å². The molecule has 0 bridgehead atoms. The number of thioether (sulfide) groups is 1. The Bertz CT molecular complexity index is 336. The van der Waals surface area contributed by atoms with Crippen molar-refractivity contribution in [2.75, 3.05) is 19.4 Å². The normalized spacial score (nSPS) is 12.8. The van der Waals surface area contributed by atoms with Gasteiger partial charge in [-0.15, -0.1) is 11.8 Å². The molecule has 0 saturated carbocycles. The molecule has 3 N–H and O–H groups in total. The summed E-state index contributed by atoms with van der Waals surface area (Å²) >= 11 is 4.98. The minimum atomic E-state index is -0.661. The highest BCUT2D eigenvalue weighted by atomic mass is 79.9. The second-order valence-electron chi connectivity index (χ2n) is 3.43. The number of aliphatic hydroxyl groups is 2. The molecule has 0 aromatic heterocycles. The molecule has 1 aromatic carbocycles. The number of hydrogen-bond donors (Lipinski definition) is 3. The lowest BCUT2D eigenvalue weighted by Crippen LogP contribution is -2.15. The molecule has 3 nitrogen and oxygen atoms in total. The maximum atomic E-state index is 9.31. The van der Waals surface area contributed by atoms with E-state index >= 15 is 0 Å². The third-order valence-electron chi connectivity index (χ3n) is 2.04. The van der Waals surface area contributed by atoms with E-state index < -0.39 is 6.10 Å². The van der Waals surface area contributed by atoms with Crippen molar-refractivity contribution in [2.45, 2.75) is 17.5 Å². The summed E-state index contributed by atoms with van der Waals surface area (Å²) < 4.78 is 1.02. The molecule has 0 aliphatic rings. The molecule has 0 saturated heterocycles. The Kier molecular flexibility index (Phi) is 6.38. The summed E-state index contributed by atoms with van der Waals surface area (Å²) in [6.45, 7) is 0.604. The Balaban J connectivity index is 2.71. The first-order chi connectivity index (χ1) is 7.67. The standard InChI is InChI=1S/C11H16BrNO2S/c1-13-5-8-2-3-9(12)4-11(8)16-7-10(15)6-14/h2-4,10,13-15H,5-7H2,1H3. The molecule has 1 unspecified atom stereocenters. The molecular formula is C11H16BrNO2S. The van der Waals surface area contributed by atoms with Gasteiger partial charge in [0.2, 0.25) is 0 Å². The van der Waals surface area contributed by atoms with Gasteiger partial charge in [0.25, 0.3) is 0 Å². The van der Waals surface area contributed by atoms with Crippen LogP contribution >= 0.6 is 27.7 Å². The molecule has 0 spiro atoms. The lowest BCUT2D eigenvalue weighted by molar-refractivity contribution is 0.113. The van der Waals surface area contributed by atoms with E-state index in [0.717, 1.165) is 15.9 Å². The maximum Gasteiger partial charge on any atom is 0.0864 e. The number of rotatable bonds is 6. The van der Waals surface area contributed by atoms with E-state index in [4.69, 9.17) is 5.11 Å². The quantitative estimate of drug-likeness (QED) is 0.699. The molecule has 1 atom stereocenters. The molecule has 90 valence electrons. The Morgan fingerprint density at radius 3 is 2.88 bits per heavy atom. The summed E-state index contributed by atoms with van der Waals surface area (Å²) in [7, 11) is 1.90. The number of aliphatic hydroxyl groups excluding tert-OH is 2. The van der Waals surface area contributed by atoms with E-state index in [-0.39, 0.29) is 6.61 Å². The zero-order valence-corrected chi connectivity index (χ0v) is 11.5. The smallest absolute Gasteiger partial charge is 0.0864 e. The van der Waals surface area contributed by atoms with Crippen LogP contribution < -0.4 is 5.32 Å². The summed E-state index contributed by atoms with van der Waals surface area (Å²) in [5.41, 5.74) is 1.20. The van der Waals surface area contributed by atoms with Gasteiger partial charge >= 0.3 is 0 Å². The van der Waals surface area contributed by atoms with Gasteiger partial charge in [0.15, 0.2) is 0 Å². The first kappa shape index (κ1) is 14.0. The Hall–Kier alpha value is -0.0700. The third kappa shape index (κ3) is 4.43. The molecular weight excluding hydrogens is 290 g/mol. The molecule has 0 aliphatic heterocycles. The highest BCUT2D eigenvalue weighted by Gasteiger charge is 2.07. The van der Waals surface area contributed by atoms with Crippen molar-refractivity contribution in [3.05, 3.63) is 28.2 Å². The average molecular weight is 306 g/mol. The minimum absolute atomic E-state index is 0.192. The van der Waals surface area contributed by atoms with Crippen LogP contribution in [0.3, 0.4) is 0 Å². The van der Waals surface area contributed by atoms with Gasteiger partial charge in [-0.2, -0.15) is 0 Å². The van der Waals surface area contributed by atoms with Crippen LogP contribution in [-0.2, 0) is 6.54 Å². The van der Waals surface area contributed by atoms with Crippen LogP contribution in [0.2, 0.25) is 0 Å². The van der Waals surface area contributed by atoms with Gasteiger partial charge in [-0.1, -0.05) is 22.0 Å². The van der Waals surface area contributed by atoms with E-state index in [1.54, 1.807) is 11.8 Å². The molecule has 1 aromatic rings. The third-order valence-corrected chi connectivity index (χ3v) is 3.77. The topological polar surface area (TPSA) is 52.5 Å². The fourth-order valence-corrected chi connectivity index (χ4v) is 2.76. The first-order valence-electron chi connectivity index (χ1n) is 5.02. The van der Waals surface area contributed by atoms with Crippen molar-refractivity contribution in [1.82, 2.24) is 5.32 Å². The Labute approximate surface area is 108 Å². The number of hydrogen-bond acceptors (Lipinski definition) is 4. The number of benzene rings is 1. The van der Waals surface area contributed by atoms with Gasteiger partial charge in [0, 0.05) is 21.7 Å². The summed E-state index contributed by atoms with van der Waals surface area (Å²) in [5, 5.41) is 21.2. The van der Waals surface area contributed by atoms with E-state index in [9.17, 15) is 5.11 Å². The van der Waals surface area contributed by atoms with E-state index in [1.165, 1.54) is 5.56 Å². The Morgan fingerprint density at radius 2 is 2.25 bits per heavy atom. The molecule has 0 radical (unpaired) electrons. The van der Waals surface area contributed by atoms with Crippen LogP contribution in [0.15, 0.2) is 27.6 Å². The molecule has 0 aliphatic carbocycles. The Morgan fingerprint density at radius 1 is 1.50 bits per heavy atom. The monoisotopic (exact) mass is 305 g/mol. The van der Waals surface area contributed by atoms with Gasteiger partial charge in [-0.05, 0) is 24.7 Å². The van der Waals surface area contributed by atoms with Crippen molar-refractivity contribution in [3.63, 3.8) is 0 Å². The summed E-state index contributed by atoms with van der Waals surface area (Å²) in [4.78, 5) is 1.12. The molecule has 0 heterocycles. The van der Waals surface area contributed by atoms with Crippen LogP contribution in [0.1, 0.15) is 5.56 Å². The second-order valence-corrected chi connectivity index (χ2v) is 5.41. The highest BCUT2D eigenvalue weighted by Crippen LogP contribution is 2.27. The van der Waals surface area contributed by atoms with Crippen molar-refractivity contribution in [3.8, 4) is 0 Å². The molecule has 1 rings (SSSR count). The largest absolute Gasteiger partial charge is 0.394 e. The first-order valence-corrected chi connectivity index (χ1v) is 6.80. The fourth-order valence-electron chi connectivity index (χ4n) is 1.24. The lowest BCUT2D eigenvalue weighted by atomic mass is 10.2. The summed E-state index contributed by atoms with van der Waals surface area (Å²) in [6.07, 6.45) is -0.661. The molecule has 16 heavy (non-hydrogen) atoms. The zero-order chi connectivity index (χ0) is 12.0. The predicted octanol–water partition coefficient (Wildman–Crippen LogP) is 1.61. The lowest BCUT2D eigenvalue weighted by Gasteiger charge is -2.11. The molecule has 0 fully saturated rings. The van der Waals surface area contributed by atoms with Crippen LogP contribution in [0, 0.1) is 0 Å². The van der Waals surface area contributed by atoms with Crippen molar-refractivity contribution >= 4 is 27.7 Å². The zero-order valence-electron chi connectivity index (χ0n) is 9.11. The highest BCUT2D eigenvalue weighted by molar-refractivity contribution is 9.10. The van der Waals surface area contributed by atoms with E-state index in [1.807, 2.05) is 25.2 Å². The van der Waals surface area contributed by atoms with Crippen molar-refractivity contribution < 1.29 is 10.2 Å².